The van der Waals surface area contributed by atoms with Crippen molar-refractivity contribution in [2.45, 2.75) is 57.5 Å². The van der Waals surface area contributed by atoms with E-state index in [0.717, 1.165) is 19.1 Å². The first-order chi connectivity index (χ1) is 12.7. The van der Waals surface area contributed by atoms with Gasteiger partial charge in [-0.1, -0.05) is 67.8 Å². The van der Waals surface area contributed by atoms with E-state index < -0.39 is 12.6 Å². The molecule has 2 aliphatic rings. The average Bonchev–Trinajstić information content (AvgIpc) is 2.70. The van der Waals surface area contributed by atoms with Crippen molar-refractivity contribution >= 4 is 5.97 Å². The molecule has 0 saturated heterocycles. The normalized spacial score (nSPS) is 17.4. The second-order valence-electron chi connectivity index (χ2n) is 6.99. The van der Waals surface area contributed by atoms with Gasteiger partial charge in [-0.3, -0.25) is 4.90 Å². The first-order valence-corrected chi connectivity index (χ1v) is 9.65. The fourth-order valence-corrected chi connectivity index (χ4v) is 3.60. The number of aliphatic hydroxyl groups is 1. The highest BCUT2D eigenvalue weighted by Crippen LogP contribution is 2.25. The predicted octanol–water partition coefficient (Wildman–Crippen LogP) is 4.16. The number of aliphatic hydroxyl groups excluding tert-OH is 1. The molecule has 0 spiro atoms. The Labute approximate surface area is 156 Å². The van der Waals surface area contributed by atoms with E-state index in [1.165, 1.54) is 56.1 Å². The molecule has 26 heavy (non-hydrogen) atoms. The van der Waals surface area contributed by atoms with Crippen LogP contribution in [0.1, 0.15) is 50.5 Å². The number of carbonyl (C=O) groups is 1. The van der Waals surface area contributed by atoms with Gasteiger partial charge in [-0.2, -0.15) is 0 Å². The van der Waals surface area contributed by atoms with Crippen LogP contribution in [-0.4, -0.2) is 40.3 Å². The number of benzene rings is 1. The molecule has 1 saturated carbocycles. The zero-order chi connectivity index (χ0) is 18.6. The van der Waals surface area contributed by atoms with Gasteiger partial charge in [0.25, 0.3) is 0 Å². The van der Waals surface area contributed by atoms with Crippen molar-refractivity contribution < 1.29 is 15.0 Å². The monoisotopic (exact) mass is 357 g/mol. The van der Waals surface area contributed by atoms with Gasteiger partial charge in [0, 0.05) is 19.1 Å². The standard InChI is InChI=1S/C20H27N.C2H4O3/c1-4-10-18(11-5-1)16-21(20-14-8-3-9-15-20)17-19-12-6-2-7-13-19;3-1-2(4)5/h1,4-6,10-13,20H,2-3,7-9,14-17H2;3H,1H2,(H,4,5). The van der Waals surface area contributed by atoms with Gasteiger partial charge in [-0.25, -0.2) is 4.79 Å². The molecule has 0 aromatic heterocycles. The van der Waals surface area contributed by atoms with E-state index in [2.05, 4.69) is 53.5 Å². The summed E-state index contributed by atoms with van der Waals surface area (Å²) in [5, 5.41) is 15.0. The van der Waals surface area contributed by atoms with Gasteiger partial charge in [0.2, 0.25) is 0 Å². The van der Waals surface area contributed by atoms with Crippen LogP contribution in [0.5, 0.6) is 0 Å². The third-order valence-corrected chi connectivity index (χ3v) is 4.91. The predicted molar refractivity (Wildman–Crippen MR) is 105 cm³/mol. The molecule has 2 aliphatic carbocycles. The van der Waals surface area contributed by atoms with Gasteiger partial charge in [-0.15, -0.1) is 0 Å². The Hall–Kier alpha value is -1.91. The van der Waals surface area contributed by atoms with E-state index in [1.54, 1.807) is 0 Å². The van der Waals surface area contributed by atoms with Gasteiger partial charge in [-0.05, 0) is 36.8 Å². The van der Waals surface area contributed by atoms with Gasteiger partial charge in [0.05, 0.1) is 0 Å². The number of carboxylic acid groups (broad SMARTS) is 1. The minimum atomic E-state index is -1.19. The molecule has 4 heteroatoms. The highest BCUT2D eigenvalue weighted by Gasteiger charge is 2.21. The number of aliphatic carboxylic acids is 1. The molecule has 0 bridgehead atoms. The van der Waals surface area contributed by atoms with Crippen molar-refractivity contribution in [2.24, 2.45) is 0 Å². The van der Waals surface area contributed by atoms with Crippen LogP contribution in [0.4, 0.5) is 0 Å². The summed E-state index contributed by atoms with van der Waals surface area (Å²) >= 11 is 0. The fraction of sp³-hybridized carbons (Fsp3) is 0.500. The third kappa shape index (κ3) is 7.54. The molecule has 4 nitrogen and oxygen atoms in total. The Morgan fingerprint density at radius 3 is 2.31 bits per heavy atom. The summed E-state index contributed by atoms with van der Waals surface area (Å²) in [4.78, 5) is 11.8. The number of rotatable bonds is 6. The molecule has 0 unspecified atom stereocenters. The summed E-state index contributed by atoms with van der Waals surface area (Å²) < 4.78 is 0. The number of nitrogens with zero attached hydrogens (tertiary/aromatic N) is 1. The van der Waals surface area contributed by atoms with E-state index in [0.29, 0.717) is 0 Å². The maximum Gasteiger partial charge on any atom is 0.329 e. The summed E-state index contributed by atoms with van der Waals surface area (Å²) in [6.07, 6.45) is 16.5. The summed E-state index contributed by atoms with van der Waals surface area (Å²) in [7, 11) is 0. The van der Waals surface area contributed by atoms with Gasteiger partial charge < -0.3 is 10.2 Å². The molecule has 0 aliphatic heterocycles. The van der Waals surface area contributed by atoms with Crippen LogP contribution in [-0.2, 0) is 11.3 Å². The SMILES string of the molecule is C1=CC(CN(Cc2ccccc2)C2CCCCC2)=CCC1.O=C(O)CO. The molecule has 142 valence electrons. The molecule has 1 aromatic rings. The Balaban J connectivity index is 0.000000431. The van der Waals surface area contributed by atoms with Gasteiger partial charge in [0.15, 0.2) is 0 Å². The largest absolute Gasteiger partial charge is 0.480 e. The quantitative estimate of drug-likeness (QED) is 0.802. The smallest absolute Gasteiger partial charge is 0.329 e. The second kappa shape index (κ2) is 11.7. The zero-order valence-electron chi connectivity index (χ0n) is 15.5. The summed E-state index contributed by atoms with van der Waals surface area (Å²) in [5.74, 6) is -1.19. The van der Waals surface area contributed by atoms with Crippen LogP contribution >= 0.6 is 0 Å². The minimum absolute atomic E-state index is 0.773. The summed E-state index contributed by atoms with van der Waals surface area (Å²) in [6.45, 7) is 1.44. The topological polar surface area (TPSA) is 60.8 Å². The number of hydrogen-bond acceptors (Lipinski definition) is 3. The number of hydrogen-bond donors (Lipinski definition) is 2. The highest BCUT2D eigenvalue weighted by molar-refractivity contribution is 5.67. The molecule has 1 fully saturated rings. The summed E-state index contributed by atoms with van der Waals surface area (Å²) in [6, 6.07) is 11.7. The maximum atomic E-state index is 9.12. The molecule has 0 radical (unpaired) electrons. The Bertz CT molecular complexity index is 589. The molecule has 0 atom stereocenters. The molecule has 2 N–H and O–H groups in total. The summed E-state index contributed by atoms with van der Waals surface area (Å²) in [5.41, 5.74) is 2.96. The molecule has 0 amide bonds. The first kappa shape index (κ1) is 20.4. The number of allylic oxidation sites excluding steroid dienone is 2. The van der Waals surface area contributed by atoms with Crippen molar-refractivity contribution in [3.63, 3.8) is 0 Å². The lowest BCUT2D eigenvalue weighted by atomic mass is 9.93. The zero-order valence-corrected chi connectivity index (χ0v) is 15.5. The molecule has 3 rings (SSSR count). The lowest BCUT2D eigenvalue weighted by molar-refractivity contribution is -0.140. The van der Waals surface area contributed by atoms with Gasteiger partial charge >= 0.3 is 5.97 Å². The fourth-order valence-electron chi connectivity index (χ4n) is 3.60. The second-order valence-corrected chi connectivity index (χ2v) is 6.99. The highest BCUT2D eigenvalue weighted by atomic mass is 16.4. The van der Waals surface area contributed by atoms with Gasteiger partial charge in [0.1, 0.15) is 6.61 Å². The third-order valence-electron chi connectivity index (χ3n) is 4.91. The van der Waals surface area contributed by atoms with Crippen molar-refractivity contribution in [3.05, 3.63) is 59.7 Å². The lowest BCUT2D eigenvalue weighted by Gasteiger charge is -2.35. The number of carboxylic acids is 1. The molecular weight excluding hydrogens is 326 g/mol. The van der Waals surface area contributed by atoms with Crippen LogP contribution in [0.2, 0.25) is 0 Å². The Morgan fingerprint density at radius 2 is 1.73 bits per heavy atom. The van der Waals surface area contributed by atoms with Crippen LogP contribution in [0, 0.1) is 0 Å². The van der Waals surface area contributed by atoms with E-state index in [4.69, 9.17) is 15.0 Å². The van der Waals surface area contributed by atoms with E-state index in [9.17, 15) is 0 Å². The minimum Gasteiger partial charge on any atom is -0.480 e. The van der Waals surface area contributed by atoms with Crippen LogP contribution in [0.3, 0.4) is 0 Å². The van der Waals surface area contributed by atoms with Crippen molar-refractivity contribution in [1.29, 1.82) is 0 Å². The van der Waals surface area contributed by atoms with Crippen LogP contribution < -0.4 is 0 Å². The maximum absolute atomic E-state index is 9.12. The first-order valence-electron chi connectivity index (χ1n) is 9.65. The van der Waals surface area contributed by atoms with E-state index in [1.807, 2.05) is 0 Å². The van der Waals surface area contributed by atoms with E-state index in [-0.39, 0.29) is 0 Å². The Kier molecular flexibility index (Phi) is 9.15. The van der Waals surface area contributed by atoms with Crippen molar-refractivity contribution in [2.75, 3.05) is 13.2 Å². The molecule has 0 heterocycles. The molecule has 1 aromatic carbocycles. The van der Waals surface area contributed by atoms with E-state index >= 15 is 0 Å². The lowest BCUT2D eigenvalue weighted by Crippen LogP contribution is -2.37. The van der Waals surface area contributed by atoms with Crippen LogP contribution in [0.25, 0.3) is 0 Å². The van der Waals surface area contributed by atoms with Crippen molar-refractivity contribution in [1.82, 2.24) is 4.90 Å². The van der Waals surface area contributed by atoms with Crippen molar-refractivity contribution in [3.8, 4) is 0 Å². The Morgan fingerprint density at radius 1 is 1.04 bits per heavy atom. The average molecular weight is 357 g/mol. The van der Waals surface area contributed by atoms with Crippen LogP contribution in [0.15, 0.2) is 54.1 Å². The molecular formula is C22H31NO3.